The minimum absolute atomic E-state index is 0.103. The molecule has 0 aliphatic heterocycles. The smallest absolute Gasteiger partial charge is 0.326 e. The third-order valence-electron chi connectivity index (χ3n) is 4.14. The van der Waals surface area contributed by atoms with E-state index in [-0.39, 0.29) is 25.0 Å². The zero-order valence-electron chi connectivity index (χ0n) is 16.8. The standard InChI is InChI=1S/C17H31N5O7S/c1-9(14(25)21-11(17(28)29)4-2-3-7-18)20-16(27)12(8-30)22-15(26)10(19)5-6-13(23)24/h9-12,30H,2-8,18-19H2,1H3,(H,20,27)(H,21,25)(H,22,26)(H,23,24)(H,28,29). The second-order valence-corrected chi connectivity index (χ2v) is 7.06. The van der Waals surface area contributed by atoms with Gasteiger partial charge in [0.1, 0.15) is 18.1 Å². The number of hydrogen-bond acceptors (Lipinski definition) is 8. The Hall–Kier alpha value is -2.38. The third-order valence-corrected chi connectivity index (χ3v) is 4.50. The monoisotopic (exact) mass is 449 g/mol. The van der Waals surface area contributed by atoms with Crippen molar-refractivity contribution in [3.05, 3.63) is 0 Å². The summed E-state index contributed by atoms with van der Waals surface area (Å²) in [5, 5.41) is 24.9. The van der Waals surface area contributed by atoms with Crippen LogP contribution < -0.4 is 27.4 Å². The van der Waals surface area contributed by atoms with Crippen molar-refractivity contribution in [2.45, 2.75) is 63.2 Å². The van der Waals surface area contributed by atoms with E-state index in [0.29, 0.717) is 19.4 Å². The SMILES string of the molecule is CC(NC(=O)C(CS)NC(=O)C(N)CCC(=O)O)C(=O)NC(CCCCN)C(=O)O. The molecule has 0 saturated carbocycles. The molecule has 0 saturated heterocycles. The molecule has 13 heteroatoms. The summed E-state index contributed by atoms with van der Waals surface area (Å²) in [4.78, 5) is 58.4. The number of unbranched alkanes of at least 4 members (excludes halogenated alkanes) is 1. The molecule has 0 aromatic heterocycles. The summed E-state index contributed by atoms with van der Waals surface area (Å²) < 4.78 is 0. The summed E-state index contributed by atoms with van der Waals surface area (Å²) in [6.45, 7) is 1.77. The fraction of sp³-hybridized carbons (Fsp3) is 0.706. The molecule has 0 aromatic rings. The molecule has 9 N–H and O–H groups in total. The largest absolute Gasteiger partial charge is 0.481 e. The Bertz CT molecular complexity index is 619. The van der Waals surface area contributed by atoms with Crippen LogP contribution in [0.3, 0.4) is 0 Å². The highest BCUT2D eigenvalue weighted by Gasteiger charge is 2.27. The van der Waals surface area contributed by atoms with Gasteiger partial charge >= 0.3 is 11.9 Å². The number of amides is 3. The number of carbonyl (C=O) groups is 5. The lowest BCUT2D eigenvalue weighted by Crippen LogP contribution is -2.56. The minimum Gasteiger partial charge on any atom is -0.481 e. The van der Waals surface area contributed by atoms with Gasteiger partial charge in [-0.1, -0.05) is 0 Å². The Labute approximate surface area is 179 Å². The first-order valence-electron chi connectivity index (χ1n) is 9.45. The van der Waals surface area contributed by atoms with Crippen LogP contribution in [0, 0.1) is 0 Å². The van der Waals surface area contributed by atoms with E-state index < -0.39 is 53.8 Å². The molecule has 30 heavy (non-hydrogen) atoms. The number of carboxylic acids is 2. The van der Waals surface area contributed by atoms with E-state index >= 15 is 0 Å². The van der Waals surface area contributed by atoms with Crippen molar-refractivity contribution in [2.75, 3.05) is 12.3 Å². The van der Waals surface area contributed by atoms with E-state index in [4.69, 9.17) is 16.6 Å². The maximum atomic E-state index is 12.3. The molecule has 0 bridgehead atoms. The lowest BCUT2D eigenvalue weighted by atomic mass is 10.1. The number of nitrogens with two attached hydrogens (primary N) is 2. The molecule has 0 aliphatic carbocycles. The topological polar surface area (TPSA) is 214 Å². The average molecular weight is 450 g/mol. The molecule has 0 radical (unpaired) electrons. The minimum atomic E-state index is -1.20. The Morgan fingerprint density at radius 2 is 1.50 bits per heavy atom. The van der Waals surface area contributed by atoms with Gasteiger partial charge in [-0.15, -0.1) is 0 Å². The normalized spacial score (nSPS) is 14.7. The average Bonchev–Trinajstić information content (AvgIpc) is 2.68. The van der Waals surface area contributed by atoms with Crippen molar-refractivity contribution in [2.24, 2.45) is 11.5 Å². The molecule has 0 rings (SSSR count). The van der Waals surface area contributed by atoms with E-state index in [0.717, 1.165) is 0 Å². The quantitative estimate of drug-likeness (QED) is 0.100. The number of aliphatic carboxylic acids is 2. The van der Waals surface area contributed by atoms with Crippen molar-refractivity contribution in [3.63, 3.8) is 0 Å². The molecule has 0 fully saturated rings. The number of carbonyl (C=O) groups excluding carboxylic acids is 3. The van der Waals surface area contributed by atoms with Gasteiger partial charge in [0.25, 0.3) is 0 Å². The van der Waals surface area contributed by atoms with Crippen molar-refractivity contribution < 1.29 is 34.2 Å². The summed E-state index contributed by atoms with van der Waals surface area (Å²) in [5.74, 6) is -4.56. The molecule has 172 valence electrons. The van der Waals surface area contributed by atoms with E-state index in [9.17, 15) is 29.1 Å². The van der Waals surface area contributed by atoms with Gasteiger partial charge < -0.3 is 37.6 Å². The summed E-state index contributed by atoms with van der Waals surface area (Å²) in [7, 11) is 0. The first kappa shape index (κ1) is 27.6. The van der Waals surface area contributed by atoms with Crippen LogP contribution in [0.2, 0.25) is 0 Å². The van der Waals surface area contributed by atoms with Gasteiger partial charge in [-0.05, 0) is 39.2 Å². The second kappa shape index (κ2) is 14.6. The van der Waals surface area contributed by atoms with Crippen LogP contribution in [0.25, 0.3) is 0 Å². The van der Waals surface area contributed by atoms with Gasteiger partial charge in [0.15, 0.2) is 0 Å². The molecule has 0 spiro atoms. The molecular formula is C17H31N5O7S. The zero-order valence-corrected chi connectivity index (χ0v) is 17.7. The first-order chi connectivity index (χ1) is 14.0. The number of hydrogen-bond donors (Lipinski definition) is 8. The Morgan fingerprint density at radius 1 is 0.900 bits per heavy atom. The summed E-state index contributed by atoms with van der Waals surface area (Å²) in [6.07, 6.45) is 0.915. The first-order valence-corrected chi connectivity index (χ1v) is 10.1. The summed E-state index contributed by atoms with van der Waals surface area (Å²) >= 11 is 3.99. The maximum Gasteiger partial charge on any atom is 0.326 e. The Morgan fingerprint density at radius 3 is 2.00 bits per heavy atom. The fourth-order valence-electron chi connectivity index (χ4n) is 2.31. The van der Waals surface area contributed by atoms with E-state index in [1.165, 1.54) is 6.92 Å². The second-order valence-electron chi connectivity index (χ2n) is 6.70. The molecular weight excluding hydrogens is 418 g/mol. The van der Waals surface area contributed by atoms with Gasteiger partial charge in [0.05, 0.1) is 6.04 Å². The number of nitrogens with one attached hydrogen (secondary N) is 3. The van der Waals surface area contributed by atoms with Crippen LogP contribution in [0.5, 0.6) is 0 Å². The third kappa shape index (κ3) is 11.0. The lowest BCUT2D eigenvalue weighted by molar-refractivity contribution is -0.142. The van der Waals surface area contributed by atoms with Gasteiger partial charge in [-0.3, -0.25) is 19.2 Å². The van der Waals surface area contributed by atoms with Crippen molar-refractivity contribution in [1.29, 1.82) is 0 Å². The highest BCUT2D eigenvalue weighted by atomic mass is 32.1. The molecule has 12 nitrogen and oxygen atoms in total. The Balaban J connectivity index is 4.74. The van der Waals surface area contributed by atoms with Crippen LogP contribution >= 0.6 is 12.6 Å². The molecule has 0 aromatic carbocycles. The molecule has 0 aliphatic rings. The number of rotatable bonds is 15. The van der Waals surface area contributed by atoms with Crippen LogP contribution in [0.1, 0.15) is 39.0 Å². The summed E-state index contributed by atoms with van der Waals surface area (Å²) in [6, 6.07) is -4.43. The molecule has 4 unspecified atom stereocenters. The van der Waals surface area contributed by atoms with Gasteiger partial charge in [0.2, 0.25) is 17.7 Å². The predicted molar refractivity (Wildman–Crippen MR) is 111 cm³/mol. The van der Waals surface area contributed by atoms with E-state index in [2.05, 4.69) is 28.6 Å². The zero-order chi connectivity index (χ0) is 23.3. The van der Waals surface area contributed by atoms with E-state index in [1.807, 2.05) is 0 Å². The molecule has 4 atom stereocenters. The predicted octanol–water partition coefficient (Wildman–Crippen LogP) is -2.20. The van der Waals surface area contributed by atoms with Crippen molar-refractivity contribution in [1.82, 2.24) is 16.0 Å². The summed E-state index contributed by atoms with van der Waals surface area (Å²) in [5.41, 5.74) is 11.0. The van der Waals surface area contributed by atoms with E-state index in [1.54, 1.807) is 0 Å². The van der Waals surface area contributed by atoms with Gasteiger partial charge in [-0.25, -0.2) is 4.79 Å². The van der Waals surface area contributed by atoms with Crippen LogP contribution in [0.4, 0.5) is 0 Å². The van der Waals surface area contributed by atoms with Crippen LogP contribution in [-0.4, -0.2) is 76.3 Å². The van der Waals surface area contributed by atoms with Crippen molar-refractivity contribution in [3.8, 4) is 0 Å². The highest BCUT2D eigenvalue weighted by molar-refractivity contribution is 7.80. The number of thiol groups is 1. The molecule has 0 heterocycles. The molecule has 3 amide bonds. The fourth-order valence-corrected chi connectivity index (χ4v) is 2.57. The van der Waals surface area contributed by atoms with Gasteiger partial charge in [0, 0.05) is 12.2 Å². The van der Waals surface area contributed by atoms with Gasteiger partial charge in [-0.2, -0.15) is 12.6 Å². The van der Waals surface area contributed by atoms with Crippen LogP contribution in [0.15, 0.2) is 0 Å². The number of carboxylic acid groups (broad SMARTS) is 2. The van der Waals surface area contributed by atoms with Crippen molar-refractivity contribution >= 4 is 42.3 Å². The highest BCUT2D eigenvalue weighted by Crippen LogP contribution is 2.02. The lowest BCUT2D eigenvalue weighted by Gasteiger charge is -2.22. The maximum absolute atomic E-state index is 12.3. The Kier molecular flexibility index (Phi) is 13.4. The van der Waals surface area contributed by atoms with Crippen LogP contribution in [-0.2, 0) is 24.0 Å².